The van der Waals surface area contributed by atoms with Crippen LogP contribution < -0.4 is 11.2 Å². The summed E-state index contributed by atoms with van der Waals surface area (Å²) in [6.45, 7) is 0. The van der Waals surface area contributed by atoms with E-state index in [0.717, 1.165) is 101 Å². The number of anilines is 1. The number of nitrogens with one attached hydrogen (secondary N) is 1. The number of benzene rings is 5. The Morgan fingerprint density at radius 2 is 1.07 bits per heavy atom. The Morgan fingerprint density at radius 3 is 1.75 bits per heavy atom. The molecular weight excluding hydrogens is 723 g/mol. The smallest absolute Gasteiger partial charge is 0.0900 e. The first-order chi connectivity index (χ1) is 29.2. The number of nitrogens with zero attached hydrogens (tertiary/aromatic N) is 5. The molecule has 0 radical (unpaired) electrons. The van der Waals surface area contributed by atoms with Gasteiger partial charge in [-0.3, -0.25) is 15.4 Å². The summed E-state index contributed by atoms with van der Waals surface area (Å²) in [4.78, 5) is 19.5. The van der Waals surface area contributed by atoms with Gasteiger partial charge in [-0.15, -0.1) is 0 Å². The SMILES string of the molecule is NC1/C(=N\Nc2ccccc2)C(c2ccccc2)=Cc2c(-c3cccc(-c4ccc(-c5cc(-c6ccccn6)nc(-c6ccccn6)c5)cc4)c3)nc3ccccc3c21. The highest BCUT2D eigenvalue weighted by atomic mass is 15.3. The first kappa shape index (κ1) is 35.5. The van der Waals surface area contributed by atoms with Crippen LogP contribution in [0.15, 0.2) is 199 Å². The van der Waals surface area contributed by atoms with Gasteiger partial charge < -0.3 is 5.73 Å². The summed E-state index contributed by atoms with van der Waals surface area (Å²) in [6.07, 6.45) is 5.79. The molecule has 10 rings (SSSR count). The van der Waals surface area contributed by atoms with Gasteiger partial charge in [0.2, 0.25) is 0 Å². The molecule has 0 aliphatic heterocycles. The normalized spacial score (nSPS) is 14.2. The van der Waals surface area contributed by atoms with Gasteiger partial charge in [-0.1, -0.05) is 121 Å². The molecule has 0 bridgehead atoms. The monoisotopic (exact) mass is 759 g/mol. The highest BCUT2D eigenvalue weighted by Gasteiger charge is 2.31. The molecule has 1 aliphatic carbocycles. The molecule has 59 heavy (non-hydrogen) atoms. The van der Waals surface area contributed by atoms with Gasteiger partial charge in [-0.2, -0.15) is 5.10 Å². The number of para-hydroxylation sites is 2. The lowest BCUT2D eigenvalue weighted by Gasteiger charge is -2.28. The van der Waals surface area contributed by atoms with Gasteiger partial charge in [0.1, 0.15) is 0 Å². The first-order valence-corrected chi connectivity index (χ1v) is 19.6. The lowest BCUT2D eigenvalue weighted by molar-refractivity contribution is 0.961. The van der Waals surface area contributed by atoms with Crippen molar-refractivity contribution >= 4 is 34.0 Å². The minimum atomic E-state index is -0.520. The van der Waals surface area contributed by atoms with E-state index in [0.29, 0.717) is 0 Å². The topological polar surface area (TPSA) is 102 Å². The molecule has 0 fully saturated rings. The Balaban J connectivity index is 1.06. The summed E-state index contributed by atoms with van der Waals surface area (Å²) in [5, 5.41) is 5.98. The third-order valence-corrected chi connectivity index (χ3v) is 10.7. The number of fused-ring (bicyclic) bond motifs is 3. The molecule has 1 atom stereocenters. The molecule has 1 aliphatic rings. The Kier molecular flexibility index (Phi) is 9.38. The number of nitrogens with two attached hydrogens (primary N) is 1. The zero-order valence-electron chi connectivity index (χ0n) is 31.9. The van der Waals surface area contributed by atoms with Crippen molar-refractivity contribution in [2.24, 2.45) is 10.8 Å². The number of aromatic nitrogens is 4. The van der Waals surface area contributed by atoms with Crippen molar-refractivity contribution in [3.8, 4) is 56.3 Å². The van der Waals surface area contributed by atoms with Gasteiger partial charge >= 0.3 is 0 Å². The largest absolute Gasteiger partial charge is 0.319 e. The molecule has 7 heteroatoms. The average Bonchev–Trinajstić information content (AvgIpc) is 3.32. The Morgan fingerprint density at radius 1 is 0.475 bits per heavy atom. The zero-order chi connectivity index (χ0) is 39.5. The second kappa shape index (κ2) is 15.6. The van der Waals surface area contributed by atoms with Crippen molar-refractivity contribution in [3.63, 3.8) is 0 Å². The molecule has 4 aromatic heterocycles. The fourth-order valence-corrected chi connectivity index (χ4v) is 7.78. The van der Waals surface area contributed by atoms with E-state index < -0.39 is 6.04 Å². The van der Waals surface area contributed by atoms with Gasteiger partial charge in [0, 0.05) is 34.5 Å². The van der Waals surface area contributed by atoms with Gasteiger partial charge in [-0.05, 0) is 100 Å². The van der Waals surface area contributed by atoms with E-state index in [-0.39, 0.29) is 0 Å². The van der Waals surface area contributed by atoms with E-state index in [9.17, 15) is 0 Å². The number of rotatable bonds is 8. The number of pyridine rings is 4. The van der Waals surface area contributed by atoms with E-state index in [1.165, 1.54) is 0 Å². The summed E-state index contributed by atoms with van der Waals surface area (Å²) < 4.78 is 0. The summed E-state index contributed by atoms with van der Waals surface area (Å²) >= 11 is 0. The van der Waals surface area contributed by atoms with E-state index in [2.05, 4.69) is 106 Å². The fourth-order valence-electron chi connectivity index (χ4n) is 7.78. The van der Waals surface area contributed by atoms with Gasteiger partial charge in [-0.25, -0.2) is 9.97 Å². The molecule has 5 aromatic carbocycles. The van der Waals surface area contributed by atoms with Crippen molar-refractivity contribution in [1.82, 2.24) is 19.9 Å². The molecular formula is C52H37N7. The predicted molar refractivity (Wildman–Crippen MR) is 241 cm³/mol. The molecule has 0 amide bonds. The minimum absolute atomic E-state index is 0.520. The summed E-state index contributed by atoms with van der Waals surface area (Å²) in [5.74, 6) is 0. The summed E-state index contributed by atoms with van der Waals surface area (Å²) in [6, 6.07) is 61.2. The van der Waals surface area contributed by atoms with E-state index >= 15 is 0 Å². The highest BCUT2D eigenvalue weighted by molar-refractivity contribution is 6.33. The molecule has 7 nitrogen and oxygen atoms in total. The Hall–Kier alpha value is -7.87. The maximum Gasteiger partial charge on any atom is 0.0900 e. The summed E-state index contributed by atoms with van der Waals surface area (Å²) in [7, 11) is 0. The zero-order valence-corrected chi connectivity index (χ0v) is 31.9. The van der Waals surface area contributed by atoms with Crippen LogP contribution in [-0.4, -0.2) is 25.6 Å². The van der Waals surface area contributed by atoms with Crippen LogP contribution in [0.3, 0.4) is 0 Å². The Labute approximate surface area is 342 Å². The van der Waals surface area contributed by atoms with Gasteiger partial charge in [0.05, 0.1) is 51.4 Å². The van der Waals surface area contributed by atoms with Gasteiger partial charge in [0.15, 0.2) is 0 Å². The predicted octanol–water partition coefficient (Wildman–Crippen LogP) is 11.8. The van der Waals surface area contributed by atoms with E-state index in [1.807, 2.05) is 97.1 Å². The molecule has 0 saturated carbocycles. The second-order valence-corrected chi connectivity index (χ2v) is 14.4. The highest BCUT2D eigenvalue weighted by Crippen LogP contribution is 2.42. The molecule has 280 valence electrons. The first-order valence-electron chi connectivity index (χ1n) is 19.6. The second-order valence-electron chi connectivity index (χ2n) is 14.4. The van der Waals surface area contributed by atoms with Crippen molar-refractivity contribution in [2.45, 2.75) is 6.04 Å². The molecule has 9 aromatic rings. The van der Waals surface area contributed by atoms with Crippen LogP contribution in [0, 0.1) is 0 Å². The van der Waals surface area contributed by atoms with Crippen molar-refractivity contribution < 1.29 is 0 Å². The number of hydrogen-bond acceptors (Lipinski definition) is 7. The quantitative estimate of drug-likeness (QED) is 0.150. The molecule has 1 unspecified atom stereocenters. The molecule has 0 spiro atoms. The molecule has 0 saturated heterocycles. The van der Waals surface area contributed by atoms with Crippen LogP contribution in [0.2, 0.25) is 0 Å². The van der Waals surface area contributed by atoms with Crippen LogP contribution in [0.1, 0.15) is 22.7 Å². The number of hydrazone groups is 1. The number of hydrogen-bond donors (Lipinski definition) is 2. The van der Waals surface area contributed by atoms with Crippen LogP contribution >= 0.6 is 0 Å². The Bertz CT molecular complexity index is 2940. The molecule has 3 N–H and O–H groups in total. The van der Waals surface area contributed by atoms with Crippen molar-refractivity contribution in [3.05, 3.63) is 211 Å². The van der Waals surface area contributed by atoms with E-state index in [4.69, 9.17) is 20.8 Å². The van der Waals surface area contributed by atoms with Crippen molar-refractivity contribution in [1.29, 1.82) is 0 Å². The van der Waals surface area contributed by atoms with E-state index in [1.54, 1.807) is 12.4 Å². The minimum Gasteiger partial charge on any atom is -0.319 e. The average molecular weight is 760 g/mol. The third kappa shape index (κ3) is 7.07. The van der Waals surface area contributed by atoms with Crippen LogP contribution in [0.5, 0.6) is 0 Å². The maximum absolute atomic E-state index is 7.31. The van der Waals surface area contributed by atoms with Crippen LogP contribution in [0.25, 0.3) is 78.8 Å². The third-order valence-electron chi connectivity index (χ3n) is 10.7. The fraction of sp³-hybridized carbons (Fsp3) is 0.0192. The van der Waals surface area contributed by atoms with Crippen LogP contribution in [0.4, 0.5) is 5.69 Å². The maximum atomic E-state index is 7.31. The lowest BCUT2D eigenvalue weighted by Crippen LogP contribution is -2.28. The van der Waals surface area contributed by atoms with Gasteiger partial charge in [0.25, 0.3) is 0 Å². The van der Waals surface area contributed by atoms with Crippen LogP contribution in [-0.2, 0) is 0 Å². The molecule has 4 heterocycles. The van der Waals surface area contributed by atoms with Crippen molar-refractivity contribution in [2.75, 3.05) is 5.43 Å². The lowest BCUT2D eigenvalue weighted by atomic mass is 9.80. The summed E-state index contributed by atoms with van der Waals surface area (Å²) in [5.41, 5.74) is 26.4. The standard InChI is InChI=1S/C52H37N7/c53-50-49-41-20-7-8-21-44(41)57-51(43(49)33-42(36-14-3-1-4-15-36)52(50)59-58-40-18-5-2-6-19-40)38-17-13-16-37(30-38)34-24-26-35(27-25-34)39-31-47(45-22-9-11-28-54-45)56-48(32-39)46-23-10-12-29-55-46/h1-33,50,58H,53H2/b59-52-.